The SMILES string of the molecule is CC1(C)CN(C2CCCCC2)S(=O)(=O)CCN1. The average Bonchev–Trinajstić information content (AvgIpc) is 2.36. The Bertz CT molecular complexity index is 359. The molecule has 2 fully saturated rings. The van der Waals surface area contributed by atoms with Crippen LogP contribution in [-0.4, -0.2) is 43.1 Å². The van der Waals surface area contributed by atoms with Crippen LogP contribution in [0.15, 0.2) is 0 Å². The zero-order valence-electron chi connectivity index (χ0n) is 10.9. The Labute approximate surface area is 105 Å². The van der Waals surface area contributed by atoms with E-state index in [4.69, 9.17) is 0 Å². The first-order valence-corrected chi connectivity index (χ1v) is 8.26. The van der Waals surface area contributed by atoms with E-state index in [1.807, 2.05) is 0 Å². The summed E-state index contributed by atoms with van der Waals surface area (Å²) in [7, 11) is -3.06. The lowest BCUT2D eigenvalue weighted by atomic mass is 9.94. The summed E-state index contributed by atoms with van der Waals surface area (Å²) in [6.07, 6.45) is 5.67. The van der Waals surface area contributed by atoms with Gasteiger partial charge >= 0.3 is 0 Å². The van der Waals surface area contributed by atoms with Gasteiger partial charge in [-0.1, -0.05) is 19.3 Å². The van der Waals surface area contributed by atoms with Gasteiger partial charge in [-0.2, -0.15) is 4.31 Å². The molecule has 1 heterocycles. The third-order valence-electron chi connectivity index (χ3n) is 3.85. The molecule has 1 saturated heterocycles. The fourth-order valence-corrected chi connectivity index (χ4v) is 4.68. The first kappa shape index (κ1) is 13.3. The second-order valence-electron chi connectivity index (χ2n) is 5.96. The van der Waals surface area contributed by atoms with Crippen LogP contribution in [0, 0.1) is 0 Å². The average molecular weight is 260 g/mol. The Morgan fingerprint density at radius 1 is 1.18 bits per heavy atom. The van der Waals surface area contributed by atoms with Crippen molar-refractivity contribution in [2.45, 2.75) is 57.5 Å². The van der Waals surface area contributed by atoms with Crippen LogP contribution in [-0.2, 0) is 10.0 Å². The topological polar surface area (TPSA) is 49.4 Å². The van der Waals surface area contributed by atoms with Gasteiger partial charge in [-0.25, -0.2) is 8.42 Å². The summed E-state index contributed by atoms with van der Waals surface area (Å²) in [5, 5.41) is 3.32. The first-order chi connectivity index (χ1) is 7.91. The van der Waals surface area contributed by atoms with E-state index in [0.717, 1.165) is 12.8 Å². The maximum atomic E-state index is 12.3. The molecule has 0 spiro atoms. The summed E-state index contributed by atoms with van der Waals surface area (Å²) in [6.45, 7) is 5.35. The molecule has 0 atom stereocenters. The fourth-order valence-electron chi connectivity index (χ4n) is 2.90. The first-order valence-electron chi connectivity index (χ1n) is 6.65. The van der Waals surface area contributed by atoms with Crippen molar-refractivity contribution in [3.63, 3.8) is 0 Å². The van der Waals surface area contributed by atoms with Crippen molar-refractivity contribution < 1.29 is 8.42 Å². The van der Waals surface area contributed by atoms with Gasteiger partial charge in [0.15, 0.2) is 0 Å². The molecule has 0 radical (unpaired) electrons. The summed E-state index contributed by atoms with van der Waals surface area (Å²) < 4.78 is 26.3. The lowest BCUT2D eigenvalue weighted by Crippen LogP contribution is -2.50. The molecule has 1 aliphatic heterocycles. The van der Waals surface area contributed by atoms with Crippen LogP contribution in [0.2, 0.25) is 0 Å². The summed E-state index contributed by atoms with van der Waals surface area (Å²) >= 11 is 0. The lowest BCUT2D eigenvalue weighted by molar-refractivity contribution is 0.213. The smallest absolute Gasteiger partial charge is 0.215 e. The molecule has 1 N–H and O–H groups in total. The van der Waals surface area contributed by atoms with Crippen molar-refractivity contribution in [1.29, 1.82) is 0 Å². The molecule has 100 valence electrons. The minimum atomic E-state index is -3.06. The molecule has 2 rings (SSSR count). The normalized spacial score (nSPS) is 30.9. The van der Waals surface area contributed by atoms with Crippen LogP contribution in [0.3, 0.4) is 0 Å². The predicted molar refractivity (Wildman–Crippen MR) is 69.4 cm³/mol. The third kappa shape index (κ3) is 3.20. The van der Waals surface area contributed by atoms with Crippen molar-refractivity contribution >= 4 is 10.0 Å². The standard InChI is InChI=1S/C12H24N2O2S/c1-12(2)10-14(11-6-4-3-5-7-11)17(15,16)9-8-13-12/h11,13H,3-10H2,1-2H3. The van der Waals surface area contributed by atoms with E-state index in [1.54, 1.807) is 4.31 Å². The zero-order chi connectivity index (χ0) is 12.5. The highest BCUT2D eigenvalue weighted by Crippen LogP contribution is 2.27. The van der Waals surface area contributed by atoms with Gasteiger partial charge < -0.3 is 5.32 Å². The highest BCUT2D eigenvalue weighted by Gasteiger charge is 2.37. The quantitative estimate of drug-likeness (QED) is 0.774. The van der Waals surface area contributed by atoms with Gasteiger partial charge in [-0.15, -0.1) is 0 Å². The van der Waals surface area contributed by atoms with Crippen molar-refractivity contribution in [3.05, 3.63) is 0 Å². The molecule has 1 saturated carbocycles. The lowest BCUT2D eigenvalue weighted by Gasteiger charge is -2.36. The van der Waals surface area contributed by atoms with Crippen LogP contribution >= 0.6 is 0 Å². The van der Waals surface area contributed by atoms with Gasteiger partial charge in [0.05, 0.1) is 5.75 Å². The summed E-state index contributed by atoms with van der Waals surface area (Å²) in [4.78, 5) is 0. The Morgan fingerprint density at radius 2 is 1.82 bits per heavy atom. The third-order valence-corrected chi connectivity index (χ3v) is 5.72. The summed E-state index contributed by atoms with van der Waals surface area (Å²) in [5.74, 6) is 0.243. The number of nitrogens with one attached hydrogen (secondary N) is 1. The van der Waals surface area contributed by atoms with E-state index in [-0.39, 0.29) is 17.3 Å². The van der Waals surface area contributed by atoms with E-state index in [1.165, 1.54) is 19.3 Å². The van der Waals surface area contributed by atoms with Crippen LogP contribution in [0.5, 0.6) is 0 Å². The second-order valence-corrected chi connectivity index (χ2v) is 8.00. The Balaban J connectivity index is 2.19. The molecular weight excluding hydrogens is 236 g/mol. The number of rotatable bonds is 1. The number of hydrogen-bond donors (Lipinski definition) is 1. The summed E-state index contributed by atoms with van der Waals surface area (Å²) in [6, 6.07) is 0.243. The van der Waals surface area contributed by atoms with E-state index in [0.29, 0.717) is 13.1 Å². The molecule has 1 aliphatic carbocycles. The largest absolute Gasteiger partial charge is 0.309 e. The molecule has 0 amide bonds. The highest BCUT2D eigenvalue weighted by molar-refractivity contribution is 7.89. The molecule has 0 unspecified atom stereocenters. The molecule has 17 heavy (non-hydrogen) atoms. The predicted octanol–water partition coefficient (Wildman–Crippen LogP) is 1.33. The van der Waals surface area contributed by atoms with Gasteiger partial charge in [-0.3, -0.25) is 0 Å². The number of nitrogens with zero attached hydrogens (tertiary/aromatic N) is 1. The van der Waals surface area contributed by atoms with Crippen LogP contribution in [0.25, 0.3) is 0 Å². The van der Waals surface area contributed by atoms with Crippen molar-refractivity contribution in [3.8, 4) is 0 Å². The van der Waals surface area contributed by atoms with Gasteiger partial charge in [0.2, 0.25) is 10.0 Å². The van der Waals surface area contributed by atoms with E-state index >= 15 is 0 Å². The minimum absolute atomic E-state index is 0.110. The zero-order valence-corrected chi connectivity index (χ0v) is 11.7. The van der Waals surface area contributed by atoms with Crippen molar-refractivity contribution in [2.75, 3.05) is 18.8 Å². The molecular formula is C12H24N2O2S. The van der Waals surface area contributed by atoms with Gasteiger partial charge in [0.1, 0.15) is 0 Å². The molecule has 0 aromatic carbocycles. The van der Waals surface area contributed by atoms with E-state index in [9.17, 15) is 8.42 Å². The Hall–Kier alpha value is -0.130. The monoisotopic (exact) mass is 260 g/mol. The highest BCUT2D eigenvalue weighted by atomic mass is 32.2. The summed E-state index contributed by atoms with van der Waals surface area (Å²) in [5.41, 5.74) is -0.110. The van der Waals surface area contributed by atoms with Crippen LogP contribution < -0.4 is 5.32 Å². The van der Waals surface area contributed by atoms with Gasteiger partial charge in [0, 0.05) is 24.7 Å². The van der Waals surface area contributed by atoms with Crippen LogP contribution in [0.4, 0.5) is 0 Å². The maximum absolute atomic E-state index is 12.3. The van der Waals surface area contributed by atoms with E-state index < -0.39 is 10.0 Å². The number of sulfonamides is 1. The Morgan fingerprint density at radius 3 is 2.47 bits per heavy atom. The minimum Gasteiger partial charge on any atom is -0.309 e. The molecule has 4 nitrogen and oxygen atoms in total. The molecule has 5 heteroatoms. The van der Waals surface area contributed by atoms with Gasteiger partial charge in [0.25, 0.3) is 0 Å². The Kier molecular flexibility index (Phi) is 3.80. The van der Waals surface area contributed by atoms with Gasteiger partial charge in [-0.05, 0) is 26.7 Å². The molecule has 2 aliphatic rings. The van der Waals surface area contributed by atoms with E-state index in [2.05, 4.69) is 19.2 Å². The number of hydrogen-bond acceptors (Lipinski definition) is 3. The fraction of sp³-hybridized carbons (Fsp3) is 1.00. The van der Waals surface area contributed by atoms with Crippen molar-refractivity contribution in [2.24, 2.45) is 0 Å². The second kappa shape index (κ2) is 4.86. The molecule has 0 aromatic heterocycles. The maximum Gasteiger partial charge on any atom is 0.215 e. The van der Waals surface area contributed by atoms with Crippen molar-refractivity contribution in [1.82, 2.24) is 9.62 Å². The molecule has 0 aromatic rings. The van der Waals surface area contributed by atoms with Crippen LogP contribution in [0.1, 0.15) is 46.0 Å². The molecule has 0 bridgehead atoms.